The number of hydrogen-bond acceptors (Lipinski definition) is 4. The molecule has 1 fully saturated rings. The first-order valence-electron chi connectivity index (χ1n) is 7.56. The molecule has 1 aromatic rings. The van der Waals surface area contributed by atoms with E-state index in [9.17, 15) is 21.6 Å². The van der Waals surface area contributed by atoms with Crippen molar-refractivity contribution in [3.63, 3.8) is 0 Å². The van der Waals surface area contributed by atoms with Crippen molar-refractivity contribution in [1.29, 1.82) is 5.26 Å². The summed E-state index contributed by atoms with van der Waals surface area (Å²) in [4.78, 5) is -0.490. The van der Waals surface area contributed by atoms with Crippen LogP contribution in [0.25, 0.3) is 0 Å². The van der Waals surface area contributed by atoms with E-state index in [1.54, 1.807) is 0 Å². The van der Waals surface area contributed by atoms with Gasteiger partial charge in [0.15, 0.2) is 0 Å². The second-order valence-electron chi connectivity index (χ2n) is 5.72. The Morgan fingerprint density at radius 1 is 1.36 bits per heavy atom. The van der Waals surface area contributed by atoms with Crippen LogP contribution in [0.1, 0.15) is 30.4 Å². The summed E-state index contributed by atoms with van der Waals surface area (Å²) in [5, 5.41) is 12.0. The van der Waals surface area contributed by atoms with Gasteiger partial charge in [0.25, 0.3) is 0 Å². The van der Waals surface area contributed by atoms with Crippen molar-refractivity contribution in [3.05, 3.63) is 29.3 Å². The third kappa shape index (κ3) is 5.85. The molecule has 1 atom stereocenters. The zero-order chi connectivity index (χ0) is 17.8. The van der Waals surface area contributed by atoms with Gasteiger partial charge in [-0.2, -0.15) is 18.4 Å². The highest BCUT2D eigenvalue weighted by Crippen LogP contribution is 2.33. The molecule has 0 aromatic heterocycles. The van der Waals surface area contributed by atoms with E-state index >= 15 is 0 Å². The number of halogens is 4. The van der Waals surface area contributed by atoms with Crippen molar-refractivity contribution >= 4 is 22.4 Å². The summed E-state index contributed by atoms with van der Waals surface area (Å²) in [6, 6.07) is 3.82. The zero-order valence-electron chi connectivity index (χ0n) is 13.3. The Labute approximate surface area is 151 Å². The fourth-order valence-electron chi connectivity index (χ4n) is 2.67. The molecule has 1 heterocycles. The fraction of sp³-hybridized carbons (Fsp3) is 0.533. The van der Waals surface area contributed by atoms with Crippen molar-refractivity contribution in [2.45, 2.75) is 30.3 Å². The third-order valence-electron chi connectivity index (χ3n) is 3.97. The monoisotopic (exact) mass is 397 g/mol. The number of nitriles is 1. The second-order valence-corrected chi connectivity index (χ2v) is 7.48. The number of piperidine rings is 1. The number of hydrogen-bond donors (Lipinski definition) is 2. The first-order valence-corrected chi connectivity index (χ1v) is 9.04. The minimum absolute atomic E-state index is 0. The lowest BCUT2D eigenvalue weighted by molar-refractivity contribution is -0.137. The first-order chi connectivity index (χ1) is 11.2. The summed E-state index contributed by atoms with van der Waals surface area (Å²) in [6.45, 7) is 1.93. The van der Waals surface area contributed by atoms with E-state index in [1.807, 2.05) is 0 Å². The lowest BCUT2D eigenvalue weighted by Crippen LogP contribution is -2.33. The van der Waals surface area contributed by atoms with Gasteiger partial charge in [0.05, 0.1) is 22.1 Å². The predicted molar refractivity (Wildman–Crippen MR) is 88.8 cm³/mol. The maximum Gasteiger partial charge on any atom is 0.417 e. The summed E-state index contributed by atoms with van der Waals surface area (Å²) in [7, 11) is -4.05. The van der Waals surface area contributed by atoms with Crippen LogP contribution in [0.5, 0.6) is 0 Å². The number of alkyl halides is 3. The normalized spacial score (nSPS) is 18.2. The molecule has 0 spiro atoms. The Morgan fingerprint density at radius 2 is 2.08 bits per heavy atom. The maximum atomic E-state index is 12.9. The lowest BCUT2D eigenvalue weighted by atomic mass is 9.96. The van der Waals surface area contributed by atoms with E-state index < -0.39 is 32.2 Å². The smallest absolute Gasteiger partial charge is 0.316 e. The molecule has 0 radical (unpaired) electrons. The van der Waals surface area contributed by atoms with Crippen molar-refractivity contribution in [2.24, 2.45) is 5.92 Å². The van der Waals surface area contributed by atoms with Crippen LogP contribution in [0.15, 0.2) is 23.1 Å². The summed E-state index contributed by atoms with van der Waals surface area (Å²) in [6.07, 6.45) is -2.13. The Morgan fingerprint density at radius 3 is 2.64 bits per heavy atom. The molecule has 0 saturated carbocycles. The van der Waals surface area contributed by atoms with Crippen molar-refractivity contribution in [1.82, 2.24) is 10.0 Å². The quantitative estimate of drug-likeness (QED) is 0.800. The highest BCUT2D eigenvalue weighted by Gasteiger charge is 2.35. The van der Waals surface area contributed by atoms with Gasteiger partial charge in [0.1, 0.15) is 0 Å². The molecule has 1 aromatic carbocycles. The molecule has 1 aliphatic rings. The van der Waals surface area contributed by atoms with Crippen LogP contribution in [0.2, 0.25) is 0 Å². The topological polar surface area (TPSA) is 82.0 Å². The minimum atomic E-state index is -4.79. The molecule has 1 unspecified atom stereocenters. The molecule has 1 saturated heterocycles. The first kappa shape index (κ1) is 21.7. The molecule has 0 bridgehead atoms. The SMILES string of the molecule is Cl.N#Cc1ccc(S(=O)(=O)NCCC2CCCNC2)cc1C(F)(F)F. The minimum Gasteiger partial charge on any atom is -0.316 e. The molecular formula is C15H19ClF3N3O2S. The van der Waals surface area contributed by atoms with Crippen LogP contribution in [0, 0.1) is 17.2 Å². The Hall–Kier alpha value is -1.34. The van der Waals surface area contributed by atoms with Gasteiger partial charge in [-0.05, 0) is 56.5 Å². The fourth-order valence-corrected chi connectivity index (χ4v) is 3.75. The van der Waals surface area contributed by atoms with Crippen LogP contribution in [-0.2, 0) is 16.2 Å². The highest BCUT2D eigenvalue weighted by molar-refractivity contribution is 7.89. The van der Waals surface area contributed by atoms with E-state index in [4.69, 9.17) is 5.26 Å². The molecular weight excluding hydrogens is 379 g/mol. The highest BCUT2D eigenvalue weighted by atomic mass is 35.5. The summed E-state index contributed by atoms with van der Waals surface area (Å²) < 4.78 is 65.5. The van der Waals surface area contributed by atoms with Gasteiger partial charge in [-0.1, -0.05) is 0 Å². The second kappa shape index (κ2) is 8.85. The number of nitrogens with zero attached hydrogens (tertiary/aromatic N) is 1. The van der Waals surface area contributed by atoms with Crippen molar-refractivity contribution in [2.75, 3.05) is 19.6 Å². The van der Waals surface area contributed by atoms with Crippen LogP contribution >= 0.6 is 12.4 Å². The molecule has 140 valence electrons. The van der Waals surface area contributed by atoms with Crippen molar-refractivity contribution in [3.8, 4) is 6.07 Å². The standard InChI is InChI=1S/C15H18F3N3O2S.ClH/c16-15(17,18)14-8-13(4-3-12(14)9-19)24(22,23)21-7-5-11-2-1-6-20-10-11;/h3-4,8,11,20-21H,1-2,5-7,10H2;1H. The third-order valence-corrected chi connectivity index (χ3v) is 5.43. The van der Waals surface area contributed by atoms with Crippen LogP contribution in [0.4, 0.5) is 13.2 Å². The number of rotatable bonds is 5. The van der Waals surface area contributed by atoms with Gasteiger partial charge in [-0.25, -0.2) is 13.1 Å². The molecule has 1 aliphatic heterocycles. The van der Waals surface area contributed by atoms with Crippen molar-refractivity contribution < 1.29 is 21.6 Å². The van der Waals surface area contributed by atoms with E-state index in [1.165, 1.54) is 6.07 Å². The van der Waals surface area contributed by atoms with Gasteiger partial charge in [0, 0.05) is 6.54 Å². The van der Waals surface area contributed by atoms with Crippen LogP contribution in [0.3, 0.4) is 0 Å². The Kier molecular flexibility index (Phi) is 7.68. The molecule has 25 heavy (non-hydrogen) atoms. The Balaban J connectivity index is 0.00000312. The molecule has 2 rings (SSSR count). The van der Waals surface area contributed by atoms with Gasteiger partial charge in [-0.3, -0.25) is 0 Å². The number of benzene rings is 1. The molecule has 5 nitrogen and oxygen atoms in total. The van der Waals surface area contributed by atoms with Crippen LogP contribution in [-0.4, -0.2) is 28.1 Å². The van der Waals surface area contributed by atoms with E-state index in [2.05, 4.69) is 10.0 Å². The molecule has 2 N–H and O–H groups in total. The van der Waals surface area contributed by atoms with E-state index in [-0.39, 0.29) is 19.0 Å². The van der Waals surface area contributed by atoms with E-state index in [0.29, 0.717) is 18.4 Å². The average molecular weight is 398 g/mol. The molecule has 0 aliphatic carbocycles. The Bertz CT molecular complexity index is 727. The largest absolute Gasteiger partial charge is 0.417 e. The lowest BCUT2D eigenvalue weighted by Gasteiger charge is -2.22. The van der Waals surface area contributed by atoms with Gasteiger partial charge < -0.3 is 5.32 Å². The van der Waals surface area contributed by atoms with Gasteiger partial charge in [0.2, 0.25) is 10.0 Å². The number of sulfonamides is 1. The molecule has 10 heteroatoms. The van der Waals surface area contributed by atoms with Gasteiger partial charge in [-0.15, -0.1) is 12.4 Å². The maximum absolute atomic E-state index is 12.9. The summed E-state index contributed by atoms with van der Waals surface area (Å²) in [5.74, 6) is 0.355. The van der Waals surface area contributed by atoms with Gasteiger partial charge >= 0.3 is 6.18 Å². The number of nitrogens with one attached hydrogen (secondary N) is 2. The summed E-state index contributed by atoms with van der Waals surface area (Å²) in [5.41, 5.74) is -1.85. The average Bonchev–Trinajstić information content (AvgIpc) is 2.54. The zero-order valence-corrected chi connectivity index (χ0v) is 14.9. The summed E-state index contributed by atoms with van der Waals surface area (Å²) >= 11 is 0. The van der Waals surface area contributed by atoms with E-state index in [0.717, 1.165) is 38.1 Å². The molecule has 0 amide bonds. The predicted octanol–water partition coefficient (Wildman–Crippen LogP) is 2.67. The van der Waals surface area contributed by atoms with Crippen LogP contribution < -0.4 is 10.0 Å².